The lowest BCUT2D eigenvalue weighted by atomic mass is 9.78. The topological polar surface area (TPSA) is 67.0 Å². The number of benzene rings is 3. The summed E-state index contributed by atoms with van der Waals surface area (Å²) in [7, 11) is 0. The Labute approximate surface area is 179 Å². The molecule has 1 N–H and O–H groups in total. The lowest BCUT2D eigenvalue weighted by Gasteiger charge is -2.31. The third kappa shape index (κ3) is 2.69. The van der Waals surface area contributed by atoms with Gasteiger partial charge in [0.25, 0.3) is 0 Å². The van der Waals surface area contributed by atoms with Crippen molar-refractivity contribution in [2.75, 3.05) is 5.32 Å². The van der Waals surface area contributed by atoms with Crippen LogP contribution in [0.1, 0.15) is 33.7 Å². The molecule has 5 nitrogen and oxygen atoms in total. The van der Waals surface area contributed by atoms with Gasteiger partial charge in [0.15, 0.2) is 0 Å². The Morgan fingerprint density at radius 3 is 2.53 bits per heavy atom. The average molecular weight is 433 g/mol. The van der Waals surface area contributed by atoms with Gasteiger partial charge in [0.05, 0.1) is 29.0 Å². The van der Waals surface area contributed by atoms with E-state index >= 15 is 0 Å². The van der Waals surface area contributed by atoms with E-state index < -0.39 is 23.3 Å². The van der Waals surface area contributed by atoms with Gasteiger partial charge in [-0.05, 0) is 47.5 Å². The molecule has 0 saturated heterocycles. The summed E-state index contributed by atoms with van der Waals surface area (Å²) in [6.07, 6.45) is -4.45. The maximum Gasteiger partial charge on any atom is 0.416 e. The van der Waals surface area contributed by atoms with E-state index in [9.17, 15) is 18.0 Å². The normalized spacial score (nSPS) is 16.4. The van der Waals surface area contributed by atoms with Crippen LogP contribution in [0.25, 0.3) is 11.0 Å². The lowest BCUT2D eigenvalue weighted by molar-refractivity contribution is -0.137. The number of para-hydroxylation sites is 1. The number of fused-ring (bicyclic) bond motifs is 6. The van der Waals surface area contributed by atoms with Crippen LogP contribution < -0.4 is 10.9 Å². The molecule has 158 valence electrons. The molecule has 1 aromatic heterocycles. The number of azo groups is 1. The molecule has 1 unspecified atom stereocenters. The maximum atomic E-state index is 13.2. The Bertz CT molecular complexity index is 1490. The van der Waals surface area contributed by atoms with Gasteiger partial charge in [-0.3, -0.25) is 0 Å². The first kappa shape index (κ1) is 18.8. The van der Waals surface area contributed by atoms with Crippen molar-refractivity contribution < 1.29 is 17.6 Å². The van der Waals surface area contributed by atoms with Gasteiger partial charge in [-0.1, -0.05) is 24.3 Å². The number of nitrogens with zero attached hydrogens (tertiary/aromatic N) is 2. The number of alkyl halides is 3. The first-order chi connectivity index (χ1) is 15.4. The van der Waals surface area contributed by atoms with Gasteiger partial charge in [0.1, 0.15) is 5.58 Å². The second-order valence-electron chi connectivity index (χ2n) is 7.78. The van der Waals surface area contributed by atoms with Crippen molar-refractivity contribution in [1.29, 1.82) is 0 Å². The predicted molar refractivity (Wildman–Crippen MR) is 113 cm³/mol. The van der Waals surface area contributed by atoms with E-state index in [1.807, 2.05) is 24.3 Å². The van der Waals surface area contributed by atoms with Crippen LogP contribution in [0.2, 0.25) is 0 Å². The molecule has 2 aliphatic rings. The minimum Gasteiger partial charge on any atom is -0.422 e. The van der Waals surface area contributed by atoms with Gasteiger partial charge in [-0.2, -0.15) is 23.4 Å². The molecule has 4 aromatic rings. The van der Waals surface area contributed by atoms with Crippen LogP contribution in [0.3, 0.4) is 0 Å². The Morgan fingerprint density at radius 2 is 1.75 bits per heavy atom. The van der Waals surface area contributed by atoms with Crippen LogP contribution in [-0.2, 0) is 12.7 Å². The van der Waals surface area contributed by atoms with Crippen molar-refractivity contribution in [3.8, 4) is 0 Å². The highest BCUT2D eigenvalue weighted by atomic mass is 19.4. The van der Waals surface area contributed by atoms with Gasteiger partial charge < -0.3 is 9.73 Å². The van der Waals surface area contributed by atoms with Crippen molar-refractivity contribution in [2.24, 2.45) is 10.2 Å². The van der Waals surface area contributed by atoms with Crippen LogP contribution in [0.5, 0.6) is 0 Å². The molecule has 8 heteroatoms. The van der Waals surface area contributed by atoms with Crippen LogP contribution in [0, 0.1) is 0 Å². The van der Waals surface area contributed by atoms with Crippen molar-refractivity contribution in [2.45, 2.75) is 18.6 Å². The molecular formula is C24H14F3N3O2. The number of rotatable bonds is 1. The summed E-state index contributed by atoms with van der Waals surface area (Å²) in [6, 6.07) is 15.8. The molecule has 0 fully saturated rings. The SMILES string of the molecule is O=c1oc2ccccc2c2c1C(c1ccc(C(F)(F)F)cc1)c1c(ccc3c1CN=N3)N2. The Hall–Kier alpha value is -3.94. The third-order valence-electron chi connectivity index (χ3n) is 6.00. The standard InChI is InChI=1S/C24H14F3N3O2/c25-24(26,27)13-7-5-12(6-8-13)19-20-15-11-28-30-16(15)9-10-17(20)29-22-14-3-1-2-4-18(14)32-23(31)21(19)22/h1-10,19,29H,11H2. The average Bonchev–Trinajstić information content (AvgIpc) is 3.26. The molecule has 32 heavy (non-hydrogen) atoms. The largest absolute Gasteiger partial charge is 0.422 e. The number of halogens is 3. The van der Waals surface area contributed by atoms with Crippen molar-refractivity contribution in [1.82, 2.24) is 0 Å². The molecule has 0 bridgehead atoms. The second kappa shape index (κ2) is 6.53. The Kier molecular flexibility index (Phi) is 3.83. The van der Waals surface area contributed by atoms with Crippen molar-refractivity contribution in [3.05, 3.63) is 98.9 Å². The third-order valence-corrected chi connectivity index (χ3v) is 6.00. The van der Waals surface area contributed by atoms with Crippen molar-refractivity contribution >= 4 is 28.0 Å². The molecule has 6 rings (SSSR count). The molecule has 1 atom stereocenters. The molecule has 3 aromatic carbocycles. The van der Waals surface area contributed by atoms with Crippen LogP contribution in [0.4, 0.5) is 30.2 Å². The smallest absolute Gasteiger partial charge is 0.416 e. The molecule has 0 saturated carbocycles. The fourth-order valence-corrected chi connectivity index (χ4v) is 4.57. The van der Waals surface area contributed by atoms with E-state index in [0.717, 1.165) is 34.3 Å². The van der Waals surface area contributed by atoms with E-state index in [1.165, 1.54) is 12.1 Å². The summed E-state index contributed by atoms with van der Waals surface area (Å²) >= 11 is 0. The van der Waals surface area contributed by atoms with Gasteiger partial charge in [-0.15, -0.1) is 0 Å². The first-order valence-corrected chi connectivity index (χ1v) is 9.95. The molecular weight excluding hydrogens is 419 g/mol. The van der Waals surface area contributed by atoms with Crippen LogP contribution in [0.15, 0.2) is 80.1 Å². The summed E-state index contributed by atoms with van der Waals surface area (Å²) in [5.41, 5.74) is 3.75. The lowest BCUT2D eigenvalue weighted by Crippen LogP contribution is -2.23. The first-order valence-electron chi connectivity index (χ1n) is 9.95. The predicted octanol–water partition coefficient (Wildman–Crippen LogP) is 6.65. The van der Waals surface area contributed by atoms with E-state index in [2.05, 4.69) is 15.5 Å². The zero-order valence-corrected chi connectivity index (χ0v) is 16.4. The summed E-state index contributed by atoms with van der Waals surface area (Å²) in [4.78, 5) is 13.2. The highest BCUT2D eigenvalue weighted by Crippen LogP contribution is 2.50. The van der Waals surface area contributed by atoms with E-state index in [1.54, 1.807) is 12.1 Å². The molecule has 0 radical (unpaired) electrons. The summed E-state index contributed by atoms with van der Waals surface area (Å²) < 4.78 is 45.1. The molecule has 0 amide bonds. The second-order valence-corrected chi connectivity index (χ2v) is 7.78. The fourth-order valence-electron chi connectivity index (χ4n) is 4.57. The van der Waals surface area contributed by atoms with Gasteiger partial charge in [0.2, 0.25) is 0 Å². The zero-order chi connectivity index (χ0) is 22.0. The quantitative estimate of drug-likeness (QED) is 0.301. The number of hydrogen-bond donors (Lipinski definition) is 1. The minimum absolute atomic E-state index is 0.339. The van der Waals surface area contributed by atoms with Gasteiger partial charge in [-0.25, -0.2) is 4.79 Å². The highest BCUT2D eigenvalue weighted by Gasteiger charge is 2.36. The molecule has 0 spiro atoms. The van der Waals surface area contributed by atoms with Gasteiger partial charge in [0, 0.05) is 22.6 Å². The van der Waals surface area contributed by atoms with Crippen LogP contribution in [-0.4, -0.2) is 0 Å². The fraction of sp³-hybridized carbons (Fsp3) is 0.125. The zero-order valence-electron chi connectivity index (χ0n) is 16.4. The minimum atomic E-state index is -4.45. The Balaban J connectivity index is 1.66. The monoisotopic (exact) mass is 433 g/mol. The number of hydrogen-bond acceptors (Lipinski definition) is 5. The van der Waals surface area contributed by atoms with E-state index in [4.69, 9.17) is 4.42 Å². The summed E-state index contributed by atoms with van der Waals surface area (Å²) in [6.45, 7) is 0.339. The summed E-state index contributed by atoms with van der Waals surface area (Å²) in [5, 5.41) is 12.4. The van der Waals surface area contributed by atoms with Gasteiger partial charge >= 0.3 is 11.8 Å². The van der Waals surface area contributed by atoms with E-state index in [0.29, 0.717) is 34.6 Å². The van der Waals surface area contributed by atoms with E-state index in [-0.39, 0.29) is 0 Å². The highest BCUT2D eigenvalue weighted by molar-refractivity contribution is 5.96. The molecule has 3 heterocycles. The number of anilines is 2. The summed E-state index contributed by atoms with van der Waals surface area (Å²) in [5.74, 6) is -0.622. The molecule has 2 aliphatic heterocycles. The van der Waals surface area contributed by atoms with Crippen molar-refractivity contribution in [3.63, 3.8) is 0 Å². The molecule has 0 aliphatic carbocycles. The Morgan fingerprint density at radius 1 is 0.969 bits per heavy atom. The number of nitrogens with one attached hydrogen (secondary N) is 1. The maximum absolute atomic E-state index is 13.2. The van der Waals surface area contributed by atoms with Crippen LogP contribution >= 0.6 is 0 Å².